The number of ether oxygens (including phenoxy) is 1. The van der Waals surface area contributed by atoms with Crippen LogP contribution in [0.5, 0.6) is 5.88 Å². The summed E-state index contributed by atoms with van der Waals surface area (Å²) in [5, 5.41) is 9.91. The third-order valence-electron chi connectivity index (χ3n) is 5.84. The molecule has 0 amide bonds. The van der Waals surface area contributed by atoms with Gasteiger partial charge >= 0.3 is 0 Å². The summed E-state index contributed by atoms with van der Waals surface area (Å²) in [5.41, 5.74) is 3.08. The Morgan fingerprint density at radius 3 is 2.72 bits per heavy atom. The standard InChI is InChI=1S/C20H22N4O/c1-13-20(14-7-10-24(13)11-8-14)25-19-5-4-18(22-23-19)15-2-3-17-16(12-15)6-9-21-17/h2-6,9,12-14,20-21H,7-8,10-11H2,1H3/t13-,20-/m0/s1. The van der Waals surface area contributed by atoms with Crippen LogP contribution < -0.4 is 4.74 Å². The number of rotatable bonds is 3. The number of nitrogens with zero attached hydrogens (tertiary/aromatic N) is 3. The first-order chi connectivity index (χ1) is 12.3. The molecule has 3 aliphatic rings. The van der Waals surface area contributed by atoms with Crippen LogP contribution in [0.15, 0.2) is 42.6 Å². The van der Waals surface area contributed by atoms with Crippen molar-refractivity contribution in [2.24, 2.45) is 5.92 Å². The molecule has 0 aliphatic carbocycles. The molecule has 3 fully saturated rings. The molecule has 128 valence electrons. The van der Waals surface area contributed by atoms with Crippen LogP contribution in [0.2, 0.25) is 0 Å². The van der Waals surface area contributed by atoms with Crippen LogP contribution in [0.25, 0.3) is 22.2 Å². The van der Waals surface area contributed by atoms with E-state index in [-0.39, 0.29) is 6.10 Å². The van der Waals surface area contributed by atoms with Gasteiger partial charge < -0.3 is 9.72 Å². The fourth-order valence-corrected chi connectivity index (χ4v) is 4.34. The quantitative estimate of drug-likeness (QED) is 0.797. The molecule has 2 aromatic heterocycles. The van der Waals surface area contributed by atoms with E-state index in [0.29, 0.717) is 17.8 Å². The summed E-state index contributed by atoms with van der Waals surface area (Å²) in [6, 6.07) is 12.8. The molecule has 3 aromatic rings. The van der Waals surface area contributed by atoms with Crippen molar-refractivity contribution in [3.63, 3.8) is 0 Å². The molecule has 3 aliphatic heterocycles. The summed E-state index contributed by atoms with van der Waals surface area (Å²) in [5.74, 6) is 1.29. The maximum absolute atomic E-state index is 6.23. The highest BCUT2D eigenvalue weighted by atomic mass is 16.5. The zero-order valence-corrected chi connectivity index (χ0v) is 14.4. The number of hydrogen-bond donors (Lipinski definition) is 1. The van der Waals surface area contributed by atoms with Crippen molar-refractivity contribution in [3.8, 4) is 17.1 Å². The average molecular weight is 334 g/mol. The highest BCUT2D eigenvalue weighted by Crippen LogP contribution is 2.34. The number of aromatic nitrogens is 3. The van der Waals surface area contributed by atoms with Crippen LogP contribution in [0.4, 0.5) is 0 Å². The first-order valence-electron chi connectivity index (χ1n) is 9.10. The Morgan fingerprint density at radius 2 is 1.96 bits per heavy atom. The van der Waals surface area contributed by atoms with Crippen LogP contribution in [0, 0.1) is 5.92 Å². The van der Waals surface area contributed by atoms with E-state index in [1.807, 2.05) is 18.3 Å². The Kier molecular flexibility index (Phi) is 3.48. The van der Waals surface area contributed by atoms with Gasteiger partial charge in [-0.15, -0.1) is 10.2 Å². The van der Waals surface area contributed by atoms with Gasteiger partial charge in [0.2, 0.25) is 5.88 Å². The van der Waals surface area contributed by atoms with Gasteiger partial charge in [0.05, 0.1) is 5.69 Å². The van der Waals surface area contributed by atoms with Crippen LogP contribution in [0.3, 0.4) is 0 Å². The van der Waals surface area contributed by atoms with Crippen LogP contribution in [-0.4, -0.2) is 45.3 Å². The number of piperidine rings is 3. The van der Waals surface area contributed by atoms with E-state index in [1.165, 1.54) is 31.3 Å². The third-order valence-corrected chi connectivity index (χ3v) is 5.84. The number of H-pyrrole nitrogens is 1. The van der Waals surface area contributed by atoms with E-state index < -0.39 is 0 Å². The van der Waals surface area contributed by atoms with Crippen molar-refractivity contribution in [2.75, 3.05) is 13.1 Å². The summed E-state index contributed by atoms with van der Waals surface area (Å²) >= 11 is 0. The topological polar surface area (TPSA) is 54.0 Å². The Bertz CT molecular complexity index is 878. The SMILES string of the molecule is C[C@H]1[C@H](Oc2ccc(-c3ccc4[nH]ccc4c3)nn2)C2CCN1CC2. The summed E-state index contributed by atoms with van der Waals surface area (Å²) in [7, 11) is 0. The van der Waals surface area contributed by atoms with Gasteiger partial charge in [-0.05, 0) is 63.0 Å². The zero-order valence-electron chi connectivity index (χ0n) is 14.4. The first-order valence-corrected chi connectivity index (χ1v) is 9.10. The Morgan fingerprint density at radius 1 is 1.08 bits per heavy atom. The molecular formula is C20H22N4O. The van der Waals surface area contributed by atoms with E-state index in [4.69, 9.17) is 4.74 Å². The zero-order chi connectivity index (χ0) is 16.8. The van der Waals surface area contributed by atoms with E-state index in [1.54, 1.807) is 0 Å². The average Bonchev–Trinajstić information content (AvgIpc) is 3.13. The van der Waals surface area contributed by atoms with Crippen molar-refractivity contribution >= 4 is 10.9 Å². The molecule has 1 N–H and O–H groups in total. The first kappa shape index (κ1) is 14.9. The molecule has 5 heterocycles. The van der Waals surface area contributed by atoms with Gasteiger partial charge in [-0.2, -0.15) is 0 Å². The predicted molar refractivity (Wildman–Crippen MR) is 97.5 cm³/mol. The lowest BCUT2D eigenvalue weighted by Crippen LogP contribution is -2.58. The molecule has 0 saturated carbocycles. The molecule has 25 heavy (non-hydrogen) atoms. The summed E-state index contributed by atoms with van der Waals surface area (Å²) in [6.07, 6.45) is 4.65. The molecule has 5 heteroatoms. The summed E-state index contributed by atoms with van der Waals surface area (Å²) < 4.78 is 6.23. The van der Waals surface area contributed by atoms with E-state index >= 15 is 0 Å². The van der Waals surface area contributed by atoms with Crippen molar-refractivity contribution in [1.29, 1.82) is 0 Å². The van der Waals surface area contributed by atoms with Crippen LogP contribution in [0.1, 0.15) is 19.8 Å². The van der Waals surface area contributed by atoms with Gasteiger partial charge in [0, 0.05) is 34.8 Å². The normalized spacial score (nSPS) is 28.4. The predicted octanol–water partition coefficient (Wildman–Crippen LogP) is 3.49. The minimum atomic E-state index is 0.235. The minimum absolute atomic E-state index is 0.235. The summed E-state index contributed by atoms with van der Waals surface area (Å²) in [4.78, 5) is 5.74. The molecular weight excluding hydrogens is 312 g/mol. The highest BCUT2D eigenvalue weighted by molar-refractivity contribution is 5.84. The monoisotopic (exact) mass is 334 g/mol. The fraction of sp³-hybridized carbons (Fsp3) is 0.400. The van der Waals surface area contributed by atoms with Crippen LogP contribution >= 0.6 is 0 Å². The number of benzene rings is 1. The van der Waals surface area contributed by atoms with Crippen LogP contribution in [-0.2, 0) is 0 Å². The molecule has 0 unspecified atom stereocenters. The smallest absolute Gasteiger partial charge is 0.233 e. The second-order valence-electron chi connectivity index (χ2n) is 7.23. The van der Waals surface area contributed by atoms with Gasteiger partial charge in [0.25, 0.3) is 0 Å². The molecule has 3 saturated heterocycles. The van der Waals surface area contributed by atoms with E-state index in [2.05, 4.69) is 51.3 Å². The molecule has 0 spiro atoms. The maximum atomic E-state index is 6.23. The Hall–Kier alpha value is -2.40. The number of nitrogens with one attached hydrogen (secondary N) is 1. The number of aromatic amines is 1. The molecule has 0 radical (unpaired) electrons. The van der Waals surface area contributed by atoms with Gasteiger partial charge in [0.15, 0.2) is 0 Å². The maximum Gasteiger partial charge on any atom is 0.233 e. The van der Waals surface area contributed by atoms with E-state index in [0.717, 1.165) is 16.8 Å². The largest absolute Gasteiger partial charge is 0.471 e. The fourth-order valence-electron chi connectivity index (χ4n) is 4.34. The van der Waals surface area contributed by atoms with Crippen molar-refractivity contribution < 1.29 is 4.74 Å². The van der Waals surface area contributed by atoms with Crippen molar-refractivity contribution in [1.82, 2.24) is 20.1 Å². The number of fused-ring (bicyclic) bond motifs is 4. The second-order valence-corrected chi connectivity index (χ2v) is 7.23. The summed E-state index contributed by atoms with van der Waals surface area (Å²) in [6.45, 7) is 4.68. The third kappa shape index (κ3) is 2.59. The van der Waals surface area contributed by atoms with Gasteiger partial charge in [-0.3, -0.25) is 4.90 Å². The van der Waals surface area contributed by atoms with Gasteiger partial charge in [0.1, 0.15) is 6.10 Å². The molecule has 6 rings (SSSR count). The molecule has 5 nitrogen and oxygen atoms in total. The lowest BCUT2D eigenvalue weighted by atomic mass is 9.81. The molecule has 2 atom stereocenters. The second kappa shape index (κ2) is 5.85. The van der Waals surface area contributed by atoms with Gasteiger partial charge in [-0.1, -0.05) is 6.07 Å². The van der Waals surface area contributed by atoms with Crippen molar-refractivity contribution in [2.45, 2.75) is 31.9 Å². The lowest BCUT2D eigenvalue weighted by Gasteiger charge is -2.48. The van der Waals surface area contributed by atoms with Gasteiger partial charge in [-0.25, -0.2) is 0 Å². The Balaban J connectivity index is 1.36. The van der Waals surface area contributed by atoms with E-state index in [9.17, 15) is 0 Å². The Labute approximate surface area is 147 Å². The minimum Gasteiger partial charge on any atom is -0.471 e. The molecule has 1 aromatic carbocycles. The number of hydrogen-bond acceptors (Lipinski definition) is 4. The molecule has 2 bridgehead atoms. The van der Waals surface area contributed by atoms with Crippen molar-refractivity contribution in [3.05, 3.63) is 42.6 Å². The highest BCUT2D eigenvalue weighted by Gasteiger charge is 2.41. The lowest BCUT2D eigenvalue weighted by molar-refractivity contribution is -0.0528.